The molecule has 0 unspecified atom stereocenters. The fourth-order valence-electron chi connectivity index (χ4n) is 1.82. The Hall–Kier alpha value is -2.15. The summed E-state index contributed by atoms with van der Waals surface area (Å²) >= 11 is 1.34. The fourth-order valence-corrected chi connectivity index (χ4v) is 2.41. The highest BCUT2D eigenvalue weighted by molar-refractivity contribution is 7.15. The summed E-state index contributed by atoms with van der Waals surface area (Å²) < 4.78 is 0. The quantitative estimate of drug-likeness (QED) is 0.792. The van der Waals surface area contributed by atoms with Gasteiger partial charge >= 0.3 is 6.03 Å². The minimum absolute atomic E-state index is 0.0350. The smallest absolute Gasteiger partial charge is 0.321 e. The van der Waals surface area contributed by atoms with Gasteiger partial charge in [-0.2, -0.15) is 0 Å². The van der Waals surface area contributed by atoms with Gasteiger partial charge in [0.1, 0.15) is 10.8 Å². The lowest BCUT2D eigenvalue weighted by Gasteiger charge is -2.13. The Kier molecular flexibility index (Phi) is 5.10. The number of urea groups is 1. The first-order valence-corrected chi connectivity index (χ1v) is 7.50. The molecule has 0 aliphatic heterocycles. The van der Waals surface area contributed by atoms with E-state index in [-0.39, 0.29) is 17.8 Å². The Morgan fingerprint density at radius 2 is 2.05 bits per heavy atom. The molecule has 2 rings (SSSR count). The van der Waals surface area contributed by atoms with Crippen molar-refractivity contribution in [2.24, 2.45) is 0 Å². The normalized spacial score (nSPS) is 11.9. The monoisotopic (exact) mass is 306 g/mol. The van der Waals surface area contributed by atoms with E-state index in [1.165, 1.54) is 11.3 Å². The average molecular weight is 306 g/mol. The number of amides is 2. The zero-order valence-electron chi connectivity index (χ0n) is 12.0. The first kappa shape index (κ1) is 15.2. The van der Waals surface area contributed by atoms with Crippen molar-refractivity contribution in [3.63, 3.8) is 0 Å². The van der Waals surface area contributed by atoms with E-state index < -0.39 is 0 Å². The first-order chi connectivity index (χ1) is 10.0. The first-order valence-electron chi connectivity index (χ1n) is 6.68. The number of carbonyl (C=O) groups is 1. The Labute approximate surface area is 127 Å². The molecule has 112 valence electrons. The van der Waals surface area contributed by atoms with Crippen LogP contribution in [0.15, 0.2) is 24.3 Å². The molecule has 3 N–H and O–H groups in total. The van der Waals surface area contributed by atoms with E-state index >= 15 is 0 Å². The number of carbonyl (C=O) groups excluding carboxylic acids is 1. The van der Waals surface area contributed by atoms with Gasteiger partial charge in [0.05, 0.1) is 0 Å². The molecule has 0 spiro atoms. The Bertz CT molecular complexity index is 597. The summed E-state index contributed by atoms with van der Waals surface area (Å²) in [7, 11) is 0. The average Bonchev–Trinajstić information content (AvgIpc) is 2.83. The van der Waals surface area contributed by atoms with Crippen molar-refractivity contribution in [1.29, 1.82) is 0 Å². The highest BCUT2D eigenvalue weighted by Gasteiger charge is 2.09. The molecule has 6 nitrogen and oxygen atoms in total. The largest absolute Gasteiger partial charge is 0.508 e. The van der Waals surface area contributed by atoms with Crippen LogP contribution in [0.5, 0.6) is 5.75 Å². The highest BCUT2D eigenvalue weighted by atomic mass is 32.1. The van der Waals surface area contributed by atoms with E-state index in [2.05, 4.69) is 20.8 Å². The van der Waals surface area contributed by atoms with Gasteiger partial charge in [0.2, 0.25) is 5.13 Å². The summed E-state index contributed by atoms with van der Waals surface area (Å²) in [5.41, 5.74) is 1.13. The van der Waals surface area contributed by atoms with Gasteiger partial charge in [-0.25, -0.2) is 4.79 Å². The van der Waals surface area contributed by atoms with Gasteiger partial charge in [-0.15, -0.1) is 10.2 Å². The summed E-state index contributed by atoms with van der Waals surface area (Å²) in [6.45, 7) is 3.78. The number of anilines is 1. The van der Waals surface area contributed by atoms with Gasteiger partial charge in [0.25, 0.3) is 0 Å². The molecule has 1 atom stereocenters. The molecule has 1 heterocycles. The second kappa shape index (κ2) is 7.03. The van der Waals surface area contributed by atoms with Crippen molar-refractivity contribution in [3.8, 4) is 5.75 Å². The third-order valence-corrected chi connectivity index (χ3v) is 3.68. The van der Waals surface area contributed by atoms with E-state index in [1.54, 1.807) is 12.1 Å². The molecule has 1 aromatic carbocycles. The SMILES string of the molecule is Cc1nnc(NC(=O)N[C@@H](C)CCc2ccc(O)cc2)s1. The zero-order valence-corrected chi connectivity index (χ0v) is 12.8. The standard InChI is InChI=1S/C14H18N4O2S/c1-9(3-4-11-5-7-12(19)8-6-11)15-13(20)16-14-18-17-10(2)21-14/h5-9,19H,3-4H2,1-2H3,(H2,15,16,18,20)/t9-/m0/s1. The number of phenols is 1. The lowest BCUT2D eigenvalue weighted by molar-refractivity contribution is 0.248. The van der Waals surface area contributed by atoms with Crippen LogP contribution in [-0.4, -0.2) is 27.4 Å². The third-order valence-electron chi connectivity index (χ3n) is 2.93. The number of aromatic nitrogens is 2. The van der Waals surface area contributed by atoms with Gasteiger partial charge in [0.15, 0.2) is 0 Å². The van der Waals surface area contributed by atoms with Gasteiger partial charge in [-0.1, -0.05) is 23.5 Å². The maximum Gasteiger partial charge on any atom is 0.321 e. The molecule has 1 aromatic heterocycles. The van der Waals surface area contributed by atoms with E-state index in [1.807, 2.05) is 26.0 Å². The molecular formula is C14H18N4O2S. The van der Waals surface area contributed by atoms with Crippen LogP contribution in [0.2, 0.25) is 0 Å². The van der Waals surface area contributed by atoms with Crippen LogP contribution >= 0.6 is 11.3 Å². The van der Waals surface area contributed by atoms with Crippen molar-refractivity contribution >= 4 is 22.5 Å². The molecule has 2 amide bonds. The molecule has 0 radical (unpaired) electrons. The number of aryl methyl sites for hydroxylation is 2. The van der Waals surface area contributed by atoms with Crippen molar-refractivity contribution in [2.75, 3.05) is 5.32 Å². The molecule has 2 aromatic rings. The number of benzene rings is 1. The third kappa shape index (κ3) is 5.03. The lowest BCUT2D eigenvalue weighted by atomic mass is 10.1. The summed E-state index contributed by atoms with van der Waals surface area (Å²) in [4.78, 5) is 11.8. The minimum Gasteiger partial charge on any atom is -0.508 e. The second-order valence-corrected chi connectivity index (χ2v) is 6.01. The number of hydrogen-bond donors (Lipinski definition) is 3. The molecule has 0 aliphatic rings. The molecule has 0 saturated heterocycles. The number of hydrogen-bond acceptors (Lipinski definition) is 5. The van der Waals surface area contributed by atoms with Gasteiger partial charge in [-0.3, -0.25) is 5.32 Å². The van der Waals surface area contributed by atoms with Crippen LogP contribution in [0.3, 0.4) is 0 Å². The highest BCUT2D eigenvalue weighted by Crippen LogP contribution is 2.14. The van der Waals surface area contributed by atoms with E-state index in [9.17, 15) is 9.90 Å². The number of nitrogens with zero attached hydrogens (tertiary/aromatic N) is 2. The van der Waals surface area contributed by atoms with Crippen LogP contribution in [0.4, 0.5) is 9.93 Å². The van der Waals surface area contributed by atoms with Gasteiger partial charge in [0, 0.05) is 6.04 Å². The molecule has 0 aliphatic carbocycles. The molecular weight excluding hydrogens is 288 g/mol. The van der Waals surface area contributed by atoms with Crippen LogP contribution in [0.25, 0.3) is 0 Å². The fraction of sp³-hybridized carbons (Fsp3) is 0.357. The molecule has 0 bridgehead atoms. The van der Waals surface area contributed by atoms with Crippen LogP contribution in [0.1, 0.15) is 23.9 Å². The van der Waals surface area contributed by atoms with E-state index in [0.717, 1.165) is 23.4 Å². The second-order valence-electron chi connectivity index (χ2n) is 4.83. The number of phenolic OH excluding ortho intramolecular Hbond substituents is 1. The molecule has 0 saturated carbocycles. The topological polar surface area (TPSA) is 87.1 Å². The van der Waals surface area contributed by atoms with E-state index in [4.69, 9.17) is 0 Å². The Morgan fingerprint density at radius 3 is 2.67 bits per heavy atom. The summed E-state index contributed by atoms with van der Waals surface area (Å²) in [5.74, 6) is 0.261. The zero-order chi connectivity index (χ0) is 15.2. The van der Waals surface area contributed by atoms with Crippen molar-refractivity contribution in [3.05, 3.63) is 34.8 Å². The van der Waals surface area contributed by atoms with Gasteiger partial charge < -0.3 is 10.4 Å². The van der Waals surface area contributed by atoms with Crippen molar-refractivity contribution in [1.82, 2.24) is 15.5 Å². The Balaban J connectivity index is 1.74. The maximum atomic E-state index is 11.8. The van der Waals surface area contributed by atoms with Crippen molar-refractivity contribution < 1.29 is 9.90 Å². The number of nitrogens with one attached hydrogen (secondary N) is 2. The Morgan fingerprint density at radius 1 is 1.33 bits per heavy atom. The van der Waals surface area contributed by atoms with Gasteiger partial charge in [-0.05, 0) is 44.4 Å². The molecule has 21 heavy (non-hydrogen) atoms. The predicted octanol–water partition coefficient (Wildman–Crippen LogP) is 2.69. The maximum absolute atomic E-state index is 11.8. The van der Waals surface area contributed by atoms with Crippen LogP contribution < -0.4 is 10.6 Å². The van der Waals surface area contributed by atoms with Crippen LogP contribution in [-0.2, 0) is 6.42 Å². The predicted molar refractivity (Wildman–Crippen MR) is 82.7 cm³/mol. The summed E-state index contributed by atoms with van der Waals surface area (Å²) in [6, 6.07) is 6.85. The minimum atomic E-state index is -0.274. The number of rotatable bonds is 5. The summed E-state index contributed by atoms with van der Waals surface area (Å²) in [5, 5.41) is 23.7. The van der Waals surface area contributed by atoms with Crippen LogP contribution in [0, 0.1) is 6.92 Å². The molecule has 0 fully saturated rings. The molecule has 7 heteroatoms. The van der Waals surface area contributed by atoms with Crippen molar-refractivity contribution in [2.45, 2.75) is 32.7 Å². The van der Waals surface area contributed by atoms with E-state index in [0.29, 0.717) is 5.13 Å². The number of aromatic hydroxyl groups is 1. The summed E-state index contributed by atoms with van der Waals surface area (Å²) in [6.07, 6.45) is 1.65. The lowest BCUT2D eigenvalue weighted by Crippen LogP contribution is -2.36.